The minimum atomic E-state index is -0.199. The van der Waals surface area contributed by atoms with Gasteiger partial charge in [0.05, 0.1) is 30.0 Å². The highest BCUT2D eigenvalue weighted by Gasteiger charge is 2.16. The predicted octanol–water partition coefficient (Wildman–Crippen LogP) is 5.68. The van der Waals surface area contributed by atoms with E-state index in [-0.39, 0.29) is 5.91 Å². The van der Waals surface area contributed by atoms with Gasteiger partial charge in [-0.25, -0.2) is 4.98 Å². The summed E-state index contributed by atoms with van der Waals surface area (Å²) in [5.74, 6) is 0.992. The van der Waals surface area contributed by atoms with Crippen LogP contribution in [0.5, 0.6) is 11.5 Å². The lowest BCUT2D eigenvalue weighted by molar-refractivity contribution is 0.0948. The maximum Gasteiger partial charge on any atom is 0.269 e. The van der Waals surface area contributed by atoms with Gasteiger partial charge in [0, 0.05) is 18.4 Å². The van der Waals surface area contributed by atoms with Crippen LogP contribution in [0.15, 0.2) is 36.4 Å². The van der Waals surface area contributed by atoms with Crippen LogP contribution in [0.4, 0.5) is 0 Å². The number of pyridine rings is 1. The highest BCUT2D eigenvalue weighted by Crippen LogP contribution is 2.34. The molecule has 0 aliphatic rings. The van der Waals surface area contributed by atoms with Crippen LogP contribution in [-0.4, -0.2) is 31.7 Å². The molecule has 158 valence electrons. The number of nitrogens with one attached hydrogen (secondary N) is 1. The first-order chi connectivity index (χ1) is 14.5. The number of halogens is 2. The molecule has 3 aromatic rings. The fraction of sp³-hybridized carbons (Fsp3) is 0.304. The lowest BCUT2D eigenvalue weighted by atomic mass is 10.0. The van der Waals surface area contributed by atoms with Gasteiger partial charge in [-0.1, -0.05) is 42.6 Å². The maximum absolute atomic E-state index is 12.7. The molecule has 0 atom stereocenters. The number of nitrogens with zero attached hydrogens (tertiary/aromatic N) is 1. The second kappa shape index (κ2) is 10.0. The monoisotopic (exact) mass is 446 g/mol. The van der Waals surface area contributed by atoms with Crippen LogP contribution in [0.1, 0.15) is 41.5 Å². The largest absolute Gasteiger partial charge is 0.493 e. The normalized spacial score (nSPS) is 10.8. The number of unbranched alkanes of at least 4 members (excludes halogenated alkanes) is 1. The number of hydrogen-bond donors (Lipinski definition) is 1. The molecule has 0 spiro atoms. The molecular formula is C23H24Cl2N2O3. The van der Waals surface area contributed by atoms with Crippen LogP contribution in [-0.2, 0) is 6.42 Å². The van der Waals surface area contributed by atoms with E-state index in [2.05, 4.69) is 17.2 Å². The third-order valence-corrected chi connectivity index (χ3v) is 5.56. The Hall–Kier alpha value is -2.50. The lowest BCUT2D eigenvalue weighted by Gasteiger charge is -2.14. The molecule has 0 unspecified atom stereocenters. The third-order valence-electron chi connectivity index (χ3n) is 4.82. The van der Waals surface area contributed by atoms with Crippen molar-refractivity contribution in [1.29, 1.82) is 0 Å². The van der Waals surface area contributed by atoms with E-state index in [4.69, 9.17) is 32.7 Å². The summed E-state index contributed by atoms with van der Waals surface area (Å²) in [7, 11) is 3.17. The fourth-order valence-corrected chi connectivity index (χ4v) is 3.53. The summed E-state index contributed by atoms with van der Waals surface area (Å²) in [5.41, 5.74) is 2.05. The topological polar surface area (TPSA) is 60.5 Å². The predicted molar refractivity (Wildman–Crippen MR) is 121 cm³/mol. The smallest absolute Gasteiger partial charge is 0.269 e. The molecule has 0 saturated heterocycles. The van der Waals surface area contributed by atoms with E-state index in [0.29, 0.717) is 40.2 Å². The van der Waals surface area contributed by atoms with Crippen molar-refractivity contribution in [2.75, 3.05) is 20.8 Å². The molecule has 0 radical (unpaired) electrons. The van der Waals surface area contributed by atoms with Crippen LogP contribution in [0.3, 0.4) is 0 Å². The van der Waals surface area contributed by atoms with Gasteiger partial charge in [-0.3, -0.25) is 4.79 Å². The minimum Gasteiger partial charge on any atom is -0.493 e. The van der Waals surface area contributed by atoms with E-state index in [0.717, 1.165) is 34.9 Å². The highest BCUT2D eigenvalue weighted by molar-refractivity contribution is 6.42. The van der Waals surface area contributed by atoms with Gasteiger partial charge in [0.15, 0.2) is 11.5 Å². The van der Waals surface area contributed by atoms with Crippen LogP contribution >= 0.6 is 23.2 Å². The number of amides is 1. The molecule has 0 bridgehead atoms. The molecule has 5 nitrogen and oxygen atoms in total. The molecule has 1 heterocycles. The zero-order chi connectivity index (χ0) is 21.7. The molecule has 0 aliphatic carbocycles. The number of rotatable bonds is 8. The van der Waals surface area contributed by atoms with Crippen molar-refractivity contribution >= 4 is 39.9 Å². The van der Waals surface area contributed by atoms with Gasteiger partial charge in [0.1, 0.15) is 5.69 Å². The number of aromatic nitrogens is 1. The Morgan fingerprint density at radius 3 is 2.43 bits per heavy atom. The number of hydrogen-bond acceptors (Lipinski definition) is 4. The maximum atomic E-state index is 12.7. The van der Waals surface area contributed by atoms with E-state index in [1.165, 1.54) is 0 Å². The molecular weight excluding hydrogens is 423 g/mol. The van der Waals surface area contributed by atoms with Crippen LogP contribution < -0.4 is 14.8 Å². The van der Waals surface area contributed by atoms with Gasteiger partial charge in [-0.05, 0) is 47.7 Å². The molecule has 1 N–H and O–H groups in total. The molecule has 0 fully saturated rings. The average Bonchev–Trinajstić information content (AvgIpc) is 2.75. The minimum absolute atomic E-state index is 0.199. The highest BCUT2D eigenvalue weighted by atomic mass is 35.5. The molecule has 7 heteroatoms. The van der Waals surface area contributed by atoms with Crippen molar-refractivity contribution in [3.8, 4) is 11.5 Å². The molecule has 3 rings (SSSR count). The second-order valence-corrected chi connectivity index (χ2v) is 7.73. The average molecular weight is 447 g/mol. The quantitative estimate of drug-likeness (QED) is 0.452. The van der Waals surface area contributed by atoms with Crippen molar-refractivity contribution in [2.45, 2.75) is 26.2 Å². The Morgan fingerprint density at radius 1 is 1.03 bits per heavy atom. The first-order valence-corrected chi connectivity index (χ1v) is 10.5. The van der Waals surface area contributed by atoms with Gasteiger partial charge in [0.2, 0.25) is 0 Å². The summed E-state index contributed by atoms with van der Waals surface area (Å²) in [6, 6.07) is 11.0. The summed E-state index contributed by atoms with van der Waals surface area (Å²) < 4.78 is 10.9. The zero-order valence-corrected chi connectivity index (χ0v) is 18.7. The Bertz CT molecular complexity index is 1070. The Kier molecular flexibility index (Phi) is 7.40. The molecule has 1 amide bonds. The third kappa shape index (κ3) is 4.97. The van der Waals surface area contributed by atoms with Crippen LogP contribution in [0, 0.1) is 0 Å². The summed E-state index contributed by atoms with van der Waals surface area (Å²) in [4.78, 5) is 17.3. The number of carbonyl (C=O) groups excluding carboxylic acids is 1. The summed E-state index contributed by atoms with van der Waals surface area (Å²) in [5, 5.41) is 5.62. The van der Waals surface area contributed by atoms with Gasteiger partial charge in [0.25, 0.3) is 5.91 Å². The lowest BCUT2D eigenvalue weighted by Crippen LogP contribution is -2.25. The molecule has 0 aliphatic heterocycles. The summed E-state index contributed by atoms with van der Waals surface area (Å²) >= 11 is 12.2. The van der Waals surface area contributed by atoms with Gasteiger partial charge in [-0.2, -0.15) is 0 Å². The van der Waals surface area contributed by atoms with E-state index >= 15 is 0 Å². The number of methoxy groups -OCH3 is 2. The fourth-order valence-electron chi connectivity index (χ4n) is 3.21. The van der Waals surface area contributed by atoms with Crippen molar-refractivity contribution in [3.63, 3.8) is 0 Å². The van der Waals surface area contributed by atoms with E-state index in [9.17, 15) is 4.79 Å². The number of ether oxygens (including phenoxy) is 2. The first-order valence-electron chi connectivity index (χ1n) is 9.74. The molecule has 30 heavy (non-hydrogen) atoms. The number of carbonyl (C=O) groups is 1. The Labute approximate surface area is 186 Å². The van der Waals surface area contributed by atoms with Crippen molar-refractivity contribution in [2.24, 2.45) is 0 Å². The standard InChI is InChI=1S/C23H24Cl2N2O3/c1-4-5-8-26-23(28)20-11-15-12-21(29-2)22(30-3)13-16(15)19(27-20)10-14-6-7-17(24)18(25)9-14/h6-7,9,11-13H,4-5,8,10H2,1-3H3,(H,26,28). The first kappa shape index (κ1) is 22.2. The van der Waals surface area contributed by atoms with E-state index in [1.54, 1.807) is 26.4 Å². The molecule has 1 aromatic heterocycles. The van der Waals surface area contributed by atoms with Crippen LogP contribution in [0.2, 0.25) is 10.0 Å². The van der Waals surface area contributed by atoms with Crippen molar-refractivity contribution in [1.82, 2.24) is 10.3 Å². The Morgan fingerprint density at radius 2 is 1.77 bits per heavy atom. The zero-order valence-electron chi connectivity index (χ0n) is 17.2. The van der Waals surface area contributed by atoms with E-state index in [1.807, 2.05) is 24.3 Å². The summed E-state index contributed by atoms with van der Waals surface area (Å²) in [6.07, 6.45) is 2.41. The van der Waals surface area contributed by atoms with E-state index < -0.39 is 0 Å². The van der Waals surface area contributed by atoms with Crippen molar-refractivity contribution < 1.29 is 14.3 Å². The Balaban J connectivity index is 2.10. The summed E-state index contributed by atoms with van der Waals surface area (Å²) in [6.45, 7) is 2.69. The second-order valence-electron chi connectivity index (χ2n) is 6.92. The molecule has 2 aromatic carbocycles. The van der Waals surface area contributed by atoms with Gasteiger partial charge in [-0.15, -0.1) is 0 Å². The number of benzene rings is 2. The van der Waals surface area contributed by atoms with Crippen molar-refractivity contribution in [3.05, 3.63) is 63.4 Å². The van der Waals surface area contributed by atoms with Gasteiger partial charge < -0.3 is 14.8 Å². The van der Waals surface area contributed by atoms with Gasteiger partial charge >= 0.3 is 0 Å². The number of fused-ring (bicyclic) bond motifs is 1. The SMILES string of the molecule is CCCCNC(=O)c1cc2cc(OC)c(OC)cc2c(Cc2ccc(Cl)c(Cl)c2)n1. The van der Waals surface area contributed by atoms with Crippen LogP contribution in [0.25, 0.3) is 10.8 Å². The molecule has 0 saturated carbocycles.